The first-order valence-electron chi connectivity index (χ1n) is 46.8. The lowest BCUT2D eigenvalue weighted by Crippen LogP contribution is -2.15. The number of aliphatic hydroxyl groups excluding tert-OH is 8. The maximum Gasteiger partial charge on any atom is 0.126 e. The lowest BCUT2D eigenvalue weighted by molar-refractivity contribution is 0.263. The van der Waals surface area contributed by atoms with Crippen molar-refractivity contribution in [2.24, 2.45) is 0 Å². The van der Waals surface area contributed by atoms with Crippen molar-refractivity contribution in [2.75, 3.05) is 0 Å². The van der Waals surface area contributed by atoms with Crippen molar-refractivity contribution in [3.63, 3.8) is 0 Å². The Morgan fingerprint density at radius 3 is 0.561 bits per heavy atom. The maximum absolute atomic E-state index is 10.8. The summed E-state index contributed by atoms with van der Waals surface area (Å²) in [7, 11) is 0. The van der Waals surface area contributed by atoms with Crippen LogP contribution in [0.25, 0.3) is 121 Å². The number of aromatic hydroxyl groups is 4. The lowest BCUT2D eigenvalue weighted by atomic mass is 9.78. The second-order valence-electron chi connectivity index (χ2n) is 39.8. The molecule has 132 heavy (non-hydrogen) atoms. The Hall–Kier alpha value is -12.6. The molecule has 12 heteroatoms. The van der Waals surface area contributed by atoms with E-state index in [1.807, 2.05) is 48.5 Å². The lowest BCUT2D eigenvalue weighted by Gasteiger charge is -2.25. The van der Waals surface area contributed by atoms with Gasteiger partial charge in [0.2, 0.25) is 0 Å². The smallest absolute Gasteiger partial charge is 0.126 e. The van der Waals surface area contributed by atoms with E-state index < -0.39 is 10.8 Å². The van der Waals surface area contributed by atoms with Crippen LogP contribution < -0.4 is 0 Å². The highest BCUT2D eigenvalue weighted by Crippen LogP contribution is 2.58. The van der Waals surface area contributed by atoms with Crippen LogP contribution in [-0.2, 0) is 126 Å². The monoisotopic (exact) mass is 1750 g/mol. The first kappa shape index (κ1) is 87.4. The molecular formula is C120H114O12. The molecule has 4 aliphatic rings. The third-order valence-corrected chi connectivity index (χ3v) is 30.5. The molecule has 0 spiro atoms. The number of hydrogen-bond donors (Lipinski definition) is 12. The highest BCUT2D eigenvalue weighted by molar-refractivity contribution is 6.32. The predicted octanol–water partition coefficient (Wildman–Crippen LogP) is 23.9. The third kappa shape index (κ3) is 14.7. The fourth-order valence-corrected chi connectivity index (χ4v) is 23.1. The van der Waals surface area contributed by atoms with Gasteiger partial charge in [-0.2, -0.15) is 0 Å². The maximum atomic E-state index is 10.8. The van der Waals surface area contributed by atoms with E-state index in [2.05, 4.69) is 237 Å². The molecule has 0 heterocycles. The zero-order valence-electron chi connectivity index (χ0n) is 76.4. The van der Waals surface area contributed by atoms with Crippen LogP contribution in [0.5, 0.6) is 23.0 Å². The number of benzene rings is 16. The quantitative estimate of drug-likeness (QED) is 0.0162. The van der Waals surface area contributed by atoms with Gasteiger partial charge in [-0.25, -0.2) is 0 Å². The summed E-state index contributed by atoms with van der Waals surface area (Å²) in [5.41, 5.74) is 39.7. The molecule has 0 saturated carbocycles. The van der Waals surface area contributed by atoms with E-state index >= 15 is 0 Å². The van der Waals surface area contributed by atoms with Gasteiger partial charge in [-0.3, -0.25) is 0 Å². The van der Waals surface area contributed by atoms with Crippen LogP contribution in [-0.4, -0.2) is 61.3 Å². The van der Waals surface area contributed by atoms with Gasteiger partial charge in [0.1, 0.15) is 23.0 Å². The summed E-state index contributed by atoms with van der Waals surface area (Å²) in [6.45, 7) is 16.5. The molecule has 16 aromatic carbocycles. The van der Waals surface area contributed by atoms with Gasteiger partial charge >= 0.3 is 0 Å². The first-order chi connectivity index (χ1) is 63.7. The molecule has 0 radical (unpaired) electrons. The van der Waals surface area contributed by atoms with Crippen molar-refractivity contribution in [2.45, 2.75) is 207 Å². The van der Waals surface area contributed by atoms with Gasteiger partial charge in [-0.05, 0) is 372 Å². The van der Waals surface area contributed by atoms with Gasteiger partial charge in [0.05, 0.1) is 52.9 Å². The van der Waals surface area contributed by atoms with Crippen molar-refractivity contribution in [3.05, 3.63) is 364 Å². The van der Waals surface area contributed by atoms with Crippen LogP contribution in [0.3, 0.4) is 0 Å². The molecule has 0 aliphatic heterocycles. The summed E-state index contributed by atoms with van der Waals surface area (Å²) in [5, 5.41) is 131. The van der Waals surface area contributed by atoms with Crippen LogP contribution in [0.4, 0.5) is 0 Å². The molecule has 4 aliphatic carbocycles. The number of unbranched alkanes of at least 4 members (excludes halogenated alkanes) is 2. The van der Waals surface area contributed by atoms with Crippen molar-refractivity contribution >= 4 is 32.3 Å². The van der Waals surface area contributed by atoms with Crippen molar-refractivity contribution in [3.8, 4) is 112 Å². The van der Waals surface area contributed by atoms with Crippen LogP contribution in [0.15, 0.2) is 231 Å². The Labute approximate surface area is 771 Å². The van der Waals surface area contributed by atoms with E-state index in [-0.39, 0.29) is 86.7 Å². The summed E-state index contributed by atoms with van der Waals surface area (Å²) < 4.78 is 0. The molecule has 12 N–H and O–H groups in total. The topological polar surface area (TPSA) is 243 Å². The highest BCUT2D eigenvalue weighted by Gasteiger charge is 2.42. The second-order valence-corrected chi connectivity index (χ2v) is 39.8. The normalized spacial score (nSPS) is 14.3. The van der Waals surface area contributed by atoms with Gasteiger partial charge in [0, 0.05) is 66.2 Å². The zero-order valence-corrected chi connectivity index (χ0v) is 76.4. The van der Waals surface area contributed by atoms with Gasteiger partial charge in [-0.1, -0.05) is 201 Å². The molecular weight excluding hydrogens is 1630 g/mol. The van der Waals surface area contributed by atoms with Crippen molar-refractivity contribution in [1.82, 2.24) is 0 Å². The predicted molar refractivity (Wildman–Crippen MR) is 530 cm³/mol. The van der Waals surface area contributed by atoms with E-state index in [1.165, 1.54) is 122 Å². The average Bonchev–Trinajstić information content (AvgIpc) is 0.948. The van der Waals surface area contributed by atoms with E-state index in [9.17, 15) is 61.3 Å². The summed E-state index contributed by atoms with van der Waals surface area (Å²) in [4.78, 5) is 0. The molecule has 666 valence electrons. The van der Waals surface area contributed by atoms with E-state index in [0.29, 0.717) is 57.3 Å². The number of aryl methyl sites for hydroxylation is 8. The molecule has 0 saturated heterocycles. The molecule has 0 bridgehead atoms. The summed E-state index contributed by atoms with van der Waals surface area (Å²) in [5.74, 6) is -0.208. The van der Waals surface area contributed by atoms with Gasteiger partial charge in [0.15, 0.2) is 0 Å². The number of fused-ring (bicyclic) bond motifs is 12. The van der Waals surface area contributed by atoms with Gasteiger partial charge in [0.25, 0.3) is 0 Å². The third-order valence-electron chi connectivity index (χ3n) is 30.5. The summed E-state index contributed by atoms with van der Waals surface area (Å²) >= 11 is 0. The van der Waals surface area contributed by atoms with Crippen molar-refractivity contribution < 1.29 is 61.3 Å². The van der Waals surface area contributed by atoms with E-state index in [1.54, 1.807) is 0 Å². The SMILES string of the molecule is CC1(C)c2cc(CCCCc3cc(CO)c(O)c(CO)c3)ccc2-c2ccc(-c3cc(-c4ccc5c(c4)C(C)(C)c4cc(CCCCc6cc(CO)c(O)c(CO)c6)ccc4-5)c4ccc5c(-c6ccc7c(c6)C(C)(C)c6cc(CCc8cc(CO)c(O)c(CO)c8)ccc6-7)cc(-c6ccc7c(c6)C(C)(C)c6cc(CCc8cc(CO)c(O)c(CO)c8)ccc6-7)c6ccc3c4c65)cc21. The minimum atomic E-state index is -0.395. The van der Waals surface area contributed by atoms with Crippen LogP contribution in [0.2, 0.25) is 0 Å². The van der Waals surface area contributed by atoms with Crippen LogP contribution in [0, 0.1) is 0 Å². The molecule has 0 fully saturated rings. The van der Waals surface area contributed by atoms with E-state index in [0.717, 1.165) is 153 Å². The Morgan fingerprint density at radius 1 is 0.174 bits per heavy atom. The number of phenols is 4. The molecule has 0 atom stereocenters. The Bertz CT molecular complexity index is 6850. The average molecular weight is 1750 g/mol. The fraction of sp³-hybridized carbons (Fsp3) is 0.267. The Balaban J connectivity index is 0.723. The zero-order chi connectivity index (χ0) is 91.9. The van der Waals surface area contributed by atoms with Crippen LogP contribution in [0.1, 0.15) is 215 Å². The molecule has 16 aromatic rings. The molecule has 20 rings (SSSR count). The largest absolute Gasteiger partial charge is 0.507 e. The van der Waals surface area contributed by atoms with Gasteiger partial charge in [-0.15, -0.1) is 0 Å². The van der Waals surface area contributed by atoms with Gasteiger partial charge < -0.3 is 61.3 Å². The number of hydrogen-bond acceptors (Lipinski definition) is 12. The Morgan fingerprint density at radius 2 is 0.348 bits per heavy atom. The first-order valence-corrected chi connectivity index (χ1v) is 46.8. The summed E-state index contributed by atoms with van der Waals surface area (Å²) in [6.07, 6.45) is 9.75. The number of rotatable bonds is 28. The standard InChI is InChI=1S/C120H114O12/c1-117(2)103-49-67(13-9-11-15-71-41-79(59-121)113(129)80(42-71)60-122)21-29-87(103)91-33-25-75(53-107(91)117)99-57-100(76-26-34-92-88-30-22-68(50-104(88)118(3,4)108(92)54-76)14-10-12-16-72-43-81(61-123)114(130)82(44-72)62-124)96-38-40-98-102(78-28-36-94-90-32-24-70(52-106(90)120(7,8)110(94)56-78)18-20-74-47-85(65-127)116(132)86(48-74)66-128)58-101(97-39-37-95(99)111(96)112(97)98)77-27-35-93-89-31-23-69(51-105(89)119(5,6)109(93)55-77)17-19-73-45-83(63-125)115(131)84(46-73)64-126/h21-58,121-132H,9-20,59-66H2,1-8H3. The molecule has 12 nitrogen and oxygen atoms in total. The summed E-state index contributed by atoms with van der Waals surface area (Å²) in [6, 6.07) is 86.0. The minimum Gasteiger partial charge on any atom is -0.507 e. The molecule has 0 unspecified atom stereocenters. The van der Waals surface area contributed by atoms with E-state index in [4.69, 9.17) is 0 Å². The van der Waals surface area contributed by atoms with Crippen LogP contribution >= 0.6 is 0 Å². The fourth-order valence-electron chi connectivity index (χ4n) is 23.1. The highest BCUT2D eigenvalue weighted by atomic mass is 16.3. The molecule has 0 aromatic heterocycles. The minimum absolute atomic E-state index is 0.0422. The second kappa shape index (κ2) is 33.9. The number of aliphatic hydroxyl groups is 8. The molecule has 0 amide bonds. The van der Waals surface area contributed by atoms with Crippen molar-refractivity contribution in [1.29, 1.82) is 0 Å². The Kier molecular flexibility index (Phi) is 22.5.